The van der Waals surface area contributed by atoms with Crippen LogP contribution < -0.4 is 25.1 Å². The molecule has 0 aliphatic carbocycles. The molecule has 0 radical (unpaired) electrons. The molecule has 0 aliphatic heterocycles. The van der Waals surface area contributed by atoms with Crippen LogP contribution in [0.2, 0.25) is 0 Å². The second-order valence-corrected chi connectivity index (χ2v) is 9.36. The van der Waals surface area contributed by atoms with Crippen LogP contribution in [0.15, 0.2) is 71.7 Å². The highest BCUT2D eigenvalue weighted by Crippen LogP contribution is 2.37. The van der Waals surface area contributed by atoms with Gasteiger partial charge in [-0.2, -0.15) is 0 Å². The van der Waals surface area contributed by atoms with Crippen LogP contribution in [0.1, 0.15) is 23.0 Å². The average molecular weight is 553 g/mol. The Morgan fingerprint density at radius 2 is 1.88 bits per heavy atom. The molecule has 5 rings (SSSR count). The molecular formula is C31H28N4O6. The van der Waals surface area contributed by atoms with E-state index in [-0.39, 0.29) is 12.2 Å². The van der Waals surface area contributed by atoms with Crippen LogP contribution in [0, 0.1) is 19.1 Å². The van der Waals surface area contributed by atoms with E-state index in [1.54, 1.807) is 92.4 Å². The topological polar surface area (TPSA) is 117 Å². The van der Waals surface area contributed by atoms with E-state index >= 15 is 0 Å². The summed E-state index contributed by atoms with van der Waals surface area (Å²) in [4.78, 5) is 30.7. The summed E-state index contributed by atoms with van der Waals surface area (Å²) in [7, 11) is 3.25. The van der Waals surface area contributed by atoms with E-state index in [1.165, 1.54) is 11.8 Å². The van der Waals surface area contributed by atoms with E-state index < -0.39 is 17.6 Å². The van der Waals surface area contributed by atoms with Gasteiger partial charge in [0.1, 0.15) is 23.7 Å². The number of nitrogens with zero attached hydrogens (tertiary/aromatic N) is 3. The van der Waals surface area contributed by atoms with Crippen LogP contribution in [0.3, 0.4) is 0 Å². The van der Waals surface area contributed by atoms with Crippen LogP contribution in [-0.4, -0.2) is 45.2 Å². The second kappa shape index (κ2) is 11.5. The molecule has 0 aliphatic rings. The van der Waals surface area contributed by atoms with Crippen molar-refractivity contribution in [3.05, 3.63) is 101 Å². The van der Waals surface area contributed by atoms with Gasteiger partial charge < -0.3 is 24.6 Å². The van der Waals surface area contributed by atoms with Gasteiger partial charge in [-0.25, -0.2) is 4.68 Å². The minimum absolute atomic E-state index is 0.0506. The SMILES string of the molecule is COc1cc2c(Oc3ccc(NC(=O)c4c(C)n(C)n(-c5cc#ccc5)c4=O)cc3)ccnc2cc1OC[C@H](C)O. The van der Waals surface area contributed by atoms with Gasteiger partial charge in [0.2, 0.25) is 0 Å². The fourth-order valence-corrected chi connectivity index (χ4v) is 4.36. The van der Waals surface area contributed by atoms with E-state index in [4.69, 9.17) is 14.2 Å². The lowest BCUT2D eigenvalue weighted by Gasteiger charge is -2.15. The summed E-state index contributed by atoms with van der Waals surface area (Å²) in [5, 5.41) is 13.1. The van der Waals surface area contributed by atoms with Crippen molar-refractivity contribution in [3.63, 3.8) is 0 Å². The summed E-state index contributed by atoms with van der Waals surface area (Å²) >= 11 is 0. The summed E-state index contributed by atoms with van der Waals surface area (Å²) in [6, 6.07) is 22.7. The van der Waals surface area contributed by atoms with Crippen molar-refractivity contribution in [1.82, 2.24) is 14.3 Å². The van der Waals surface area contributed by atoms with E-state index in [9.17, 15) is 14.7 Å². The second-order valence-electron chi connectivity index (χ2n) is 9.36. The van der Waals surface area contributed by atoms with Gasteiger partial charge >= 0.3 is 0 Å². The van der Waals surface area contributed by atoms with Crippen molar-refractivity contribution in [2.45, 2.75) is 20.0 Å². The molecule has 0 unspecified atom stereocenters. The summed E-state index contributed by atoms with van der Waals surface area (Å²) in [6.45, 7) is 3.47. The Bertz CT molecular complexity index is 1760. The summed E-state index contributed by atoms with van der Waals surface area (Å²) in [6.07, 6.45) is 0.992. The fraction of sp³-hybridized carbons (Fsp3) is 0.194. The Morgan fingerprint density at radius 1 is 1.10 bits per heavy atom. The number of pyridine rings is 1. The molecule has 10 nitrogen and oxygen atoms in total. The quantitative estimate of drug-likeness (QED) is 0.278. The van der Waals surface area contributed by atoms with Crippen LogP contribution in [0.5, 0.6) is 23.0 Å². The van der Waals surface area contributed by atoms with Gasteiger partial charge in [-0.3, -0.25) is 19.3 Å². The Kier molecular flexibility index (Phi) is 7.63. The predicted octanol–water partition coefficient (Wildman–Crippen LogP) is 4.45. The van der Waals surface area contributed by atoms with Crippen molar-refractivity contribution in [2.24, 2.45) is 7.05 Å². The minimum Gasteiger partial charge on any atom is -0.493 e. The third-order valence-corrected chi connectivity index (χ3v) is 6.47. The maximum Gasteiger partial charge on any atom is 0.284 e. The molecule has 2 aromatic heterocycles. The number of aliphatic hydroxyl groups is 1. The smallest absolute Gasteiger partial charge is 0.284 e. The number of hydrogen-bond acceptors (Lipinski definition) is 7. The van der Waals surface area contributed by atoms with Crippen molar-refractivity contribution >= 4 is 22.5 Å². The zero-order chi connectivity index (χ0) is 29.1. The molecule has 0 spiro atoms. The monoisotopic (exact) mass is 552 g/mol. The largest absolute Gasteiger partial charge is 0.493 e. The molecule has 10 heteroatoms. The minimum atomic E-state index is -0.631. The molecule has 1 atom stereocenters. The van der Waals surface area contributed by atoms with Crippen LogP contribution in [0.25, 0.3) is 16.6 Å². The first kappa shape index (κ1) is 27.3. The number of aromatic nitrogens is 3. The first-order chi connectivity index (χ1) is 19.8. The van der Waals surface area contributed by atoms with Crippen LogP contribution in [0.4, 0.5) is 5.69 Å². The molecule has 208 valence electrons. The normalized spacial score (nSPS) is 11.5. The lowest BCUT2D eigenvalue weighted by Crippen LogP contribution is -2.25. The van der Waals surface area contributed by atoms with E-state index in [2.05, 4.69) is 22.4 Å². The number of anilines is 1. The molecule has 0 fully saturated rings. The van der Waals surface area contributed by atoms with Gasteiger partial charge in [-0.05, 0) is 62.4 Å². The number of fused-ring (bicyclic) bond motifs is 1. The highest BCUT2D eigenvalue weighted by molar-refractivity contribution is 6.05. The van der Waals surface area contributed by atoms with Crippen LogP contribution >= 0.6 is 0 Å². The fourth-order valence-electron chi connectivity index (χ4n) is 4.36. The van der Waals surface area contributed by atoms with Gasteiger partial charge in [-0.1, -0.05) is 12.1 Å². The lowest BCUT2D eigenvalue weighted by molar-refractivity contribution is 0.102. The number of methoxy groups -OCH3 is 1. The predicted molar refractivity (Wildman–Crippen MR) is 153 cm³/mol. The molecular weight excluding hydrogens is 524 g/mol. The number of nitrogens with one attached hydrogen (secondary N) is 1. The Morgan fingerprint density at radius 3 is 2.56 bits per heavy atom. The zero-order valence-corrected chi connectivity index (χ0v) is 23.0. The van der Waals surface area contributed by atoms with Gasteiger partial charge in [0.15, 0.2) is 11.5 Å². The molecule has 0 bridgehead atoms. The average Bonchev–Trinajstić information content (AvgIpc) is 3.20. The van der Waals surface area contributed by atoms with Crippen molar-refractivity contribution < 1.29 is 24.1 Å². The number of carbonyl (C=O) groups is 1. The highest BCUT2D eigenvalue weighted by Gasteiger charge is 2.22. The summed E-state index contributed by atoms with van der Waals surface area (Å²) < 4.78 is 20.3. The first-order valence-corrected chi connectivity index (χ1v) is 12.8. The number of hydrogen-bond donors (Lipinski definition) is 2. The standard InChI is InChI=1S/C31H28N4O6/c1-19(36)18-40-28-17-25-24(16-27(28)39-4)26(14-15-32-25)41-23-12-10-21(11-13-23)33-30(37)29-20(2)34(3)35(31(29)38)22-8-6-5-7-9-22/h6,8-17,19,36H,18H2,1-4H3,(H,33,37)/t19-/m0/s1. The van der Waals surface area contributed by atoms with Crippen LogP contribution in [-0.2, 0) is 7.05 Å². The van der Waals surface area contributed by atoms with Crippen molar-refractivity contribution in [2.75, 3.05) is 19.0 Å². The maximum absolute atomic E-state index is 13.1. The maximum atomic E-state index is 13.1. The van der Waals surface area contributed by atoms with E-state index in [1.807, 2.05) is 0 Å². The molecule has 0 saturated heterocycles. The Labute approximate surface area is 236 Å². The molecule has 2 N–H and O–H groups in total. The van der Waals surface area contributed by atoms with Gasteiger partial charge in [0, 0.05) is 36.5 Å². The first-order valence-electron chi connectivity index (χ1n) is 12.8. The number of amides is 1. The van der Waals surface area contributed by atoms with E-state index in [0.717, 1.165) is 0 Å². The van der Waals surface area contributed by atoms with E-state index in [0.29, 0.717) is 51.0 Å². The lowest BCUT2D eigenvalue weighted by atomic mass is 10.1. The van der Waals surface area contributed by atoms with Crippen molar-refractivity contribution in [3.8, 4) is 28.7 Å². The Balaban J connectivity index is 1.35. The molecule has 3 aromatic carbocycles. The number of benzene rings is 2. The molecule has 0 saturated carbocycles. The van der Waals surface area contributed by atoms with Crippen molar-refractivity contribution in [1.29, 1.82) is 0 Å². The molecule has 41 heavy (non-hydrogen) atoms. The summed E-state index contributed by atoms with van der Waals surface area (Å²) in [5.41, 5.74) is 1.86. The summed E-state index contributed by atoms with van der Waals surface area (Å²) in [5.74, 6) is 1.50. The number of carbonyl (C=O) groups excluding carboxylic acids is 1. The third-order valence-electron chi connectivity index (χ3n) is 6.47. The molecule has 2 heterocycles. The Hall–Kier alpha value is -5.27. The zero-order valence-electron chi connectivity index (χ0n) is 23.0. The third kappa shape index (κ3) is 5.57. The number of rotatable bonds is 9. The number of ether oxygens (including phenoxy) is 3. The van der Waals surface area contributed by atoms with Gasteiger partial charge in [-0.15, -0.1) is 0 Å². The number of aliphatic hydroxyl groups excluding tert-OH is 1. The highest BCUT2D eigenvalue weighted by atomic mass is 16.5. The molecule has 1 amide bonds. The molecule has 5 aromatic rings. The van der Waals surface area contributed by atoms with Gasteiger partial charge in [0.05, 0.1) is 30.1 Å². The van der Waals surface area contributed by atoms with Gasteiger partial charge in [0.25, 0.3) is 11.5 Å².